The van der Waals surface area contributed by atoms with Crippen molar-refractivity contribution in [1.82, 2.24) is 15.0 Å². The molecule has 0 amide bonds. The second-order valence-corrected chi connectivity index (χ2v) is 4.88. The topological polar surface area (TPSA) is 89.2 Å². The summed E-state index contributed by atoms with van der Waals surface area (Å²) >= 11 is 0. The number of nitrogen functional groups attached to an aromatic ring is 1. The van der Waals surface area contributed by atoms with Crippen LogP contribution in [0, 0.1) is 0 Å². The van der Waals surface area contributed by atoms with E-state index in [1.165, 1.54) is 0 Å². The largest absolute Gasteiger partial charge is 0.378 e. The molecule has 1 saturated carbocycles. The Morgan fingerprint density at radius 2 is 1.90 bits per heavy atom. The lowest BCUT2D eigenvalue weighted by Gasteiger charge is -2.35. The first-order valence-corrected chi connectivity index (χ1v) is 7.30. The average Bonchev–Trinajstić information content (AvgIpc) is 2.37. The van der Waals surface area contributed by atoms with Crippen LogP contribution in [-0.2, 0) is 4.74 Å². The van der Waals surface area contributed by atoms with Gasteiger partial charge in [0.1, 0.15) is 0 Å². The van der Waals surface area contributed by atoms with Gasteiger partial charge in [-0.05, 0) is 33.6 Å². The smallest absolute Gasteiger partial charge is 0.231 e. The number of rotatable bonds is 7. The highest BCUT2D eigenvalue weighted by Crippen LogP contribution is 2.26. The van der Waals surface area contributed by atoms with E-state index in [1.54, 1.807) is 0 Å². The molecule has 7 heteroatoms. The predicted octanol–water partition coefficient (Wildman–Crippen LogP) is 1.28. The second-order valence-electron chi connectivity index (χ2n) is 4.88. The molecule has 0 spiro atoms. The molecule has 1 heterocycles. The molecule has 112 valence electrons. The molecular formula is C13H24N6O. The summed E-state index contributed by atoms with van der Waals surface area (Å²) in [6.07, 6.45) is 2.33. The second kappa shape index (κ2) is 6.69. The summed E-state index contributed by atoms with van der Waals surface area (Å²) < 4.78 is 5.54. The van der Waals surface area contributed by atoms with Gasteiger partial charge in [-0.3, -0.25) is 0 Å². The van der Waals surface area contributed by atoms with Crippen LogP contribution in [-0.4, -0.2) is 46.8 Å². The number of hydrogen-bond acceptors (Lipinski definition) is 7. The van der Waals surface area contributed by atoms with E-state index >= 15 is 0 Å². The Bertz CT molecular complexity index is 431. The Labute approximate surface area is 119 Å². The summed E-state index contributed by atoms with van der Waals surface area (Å²) in [6, 6.07) is 0.359. The zero-order valence-corrected chi connectivity index (χ0v) is 12.5. The molecule has 1 aromatic rings. The van der Waals surface area contributed by atoms with Crippen molar-refractivity contribution in [2.45, 2.75) is 45.8 Å². The first-order valence-electron chi connectivity index (χ1n) is 7.30. The van der Waals surface area contributed by atoms with Gasteiger partial charge < -0.3 is 20.7 Å². The Morgan fingerprint density at radius 1 is 1.20 bits per heavy atom. The van der Waals surface area contributed by atoms with Gasteiger partial charge in [0.15, 0.2) is 0 Å². The predicted molar refractivity (Wildman–Crippen MR) is 79.9 cm³/mol. The number of nitrogens with two attached hydrogens (primary N) is 1. The molecule has 0 saturated heterocycles. The Hall–Kier alpha value is -1.63. The van der Waals surface area contributed by atoms with Crippen molar-refractivity contribution in [2.24, 2.45) is 0 Å². The molecule has 0 atom stereocenters. The highest BCUT2D eigenvalue weighted by atomic mass is 16.5. The molecule has 0 aromatic carbocycles. The Balaban J connectivity index is 1.98. The number of anilines is 3. The van der Waals surface area contributed by atoms with Crippen molar-refractivity contribution in [1.29, 1.82) is 0 Å². The standard InChI is InChI=1S/C13H24N6O/c1-4-19(5-2)13-17-11(14)16-12(18-13)15-9-7-10(8-9)20-6-3/h9-10H,4-8H2,1-3H3,(H3,14,15,16,17,18). The van der Waals surface area contributed by atoms with Gasteiger partial charge >= 0.3 is 0 Å². The van der Waals surface area contributed by atoms with E-state index in [-0.39, 0.29) is 5.95 Å². The SMILES string of the molecule is CCOC1CC(Nc2nc(N)nc(N(CC)CC)n2)C1. The van der Waals surface area contributed by atoms with Crippen LogP contribution in [0.3, 0.4) is 0 Å². The number of nitrogens with zero attached hydrogens (tertiary/aromatic N) is 4. The maximum atomic E-state index is 5.76. The number of hydrogen-bond donors (Lipinski definition) is 2. The minimum atomic E-state index is 0.255. The van der Waals surface area contributed by atoms with Gasteiger partial charge in [-0.15, -0.1) is 0 Å². The average molecular weight is 280 g/mol. The highest BCUT2D eigenvalue weighted by Gasteiger charge is 2.30. The van der Waals surface area contributed by atoms with Crippen LogP contribution in [0.2, 0.25) is 0 Å². The van der Waals surface area contributed by atoms with Crippen molar-refractivity contribution in [2.75, 3.05) is 35.6 Å². The summed E-state index contributed by atoms with van der Waals surface area (Å²) in [5.41, 5.74) is 5.76. The highest BCUT2D eigenvalue weighted by molar-refractivity contribution is 5.42. The molecule has 7 nitrogen and oxygen atoms in total. The Morgan fingerprint density at radius 3 is 2.50 bits per heavy atom. The van der Waals surface area contributed by atoms with Crippen LogP contribution < -0.4 is 16.0 Å². The molecule has 1 fully saturated rings. The van der Waals surface area contributed by atoms with Gasteiger partial charge in [0, 0.05) is 25.7 Å². The molecule has 20 heavy (non-hydrogen) atoms. The maximum absolute atomic E-state index is 5.76. The summed E-state index contributed by atoms with van der Waals surface area (Å²) in [7, 11) is 0. The normalized spacial score (nSPS) is 21.4. The lowest BCUT2D eigenvalue weighted by molar-refractivity contribution is 0.00285. The van der Waals surface area contributed by atoms with E-state index in [4.69, 9.17) is 10.5 Å². The van der Waals surface area contributed by atoms with Gasteiger partial charge in [-0.2, -0.15) is 15.0 Å². The number of aromatic nitrogens is 3. The number of nitrogens with one attached hydrogen (secondary N) is 1. The first kappa shape index (κ1) is 14.8. The van der Waals surface area contributed by atoms with Gasteiger partial charge in [-0.1, -0.05) is 0 Å². The summed E-state index contributed by atoms with van der Waals surface area (Å²) in [6.45, 7) is 8.60. The van der Waals surface area contributed by atoms with Gasteiger partial charge in [0.05, 0.1) is 6.10 Å². The fraction of sp³-hybridized carbons (Fsp3) is 0.769. The third-order valence-electron chi connectivity index (χ3n) is 3.52. The maximum Gasteiger partial charge on any atom is 0.231 e. The van der Waals surface area contributed by atoms with E-state index in [0.29, 0.717) is 24.0 Å². The van der Waals surface area contributed by atoms with Crippen molar-refractivity contribution in [3.8, 4) is 0 Å². The van der Waals surface area contributed by atoms with E-state index in [9.17, 15) is 0 Å². The molecule has 3 N–H and O–H groups in total. The monoisotopic (exact) mass is 280 g/mol. The van der Waals surface area contributed by atoms with Crippen LogP contribution in [0.15, 0.2) is 0 Å². The molecule has 0 bridgehead atoms. The Kier molecular flexibility index (Phi) is 4.94. The molecule has 0 unspecified atom stereocenters. The summed E-state index contributed by atoms with van der Waals surface area (Å²) in [4.78, 5) is 14.8. The summed E-state index contributed by atoms with van der Waals surface area (Å²) in [5.74, 6) is 1.44. The van der Waals surface area contributed by atoms with Crippen molar-refractivity contribution < 1.29 is 4.74 Å². The fourth-order valence-electron chi connectivity index (χ4n) is 2.33. The third-order valence-corrected chi connectivity index (χ3v) is 3.52. The quantitative estimate of drug-likeness (QED) is 0.777. The molecular weight excluding hydrogens is 256 g/mol. The zero-order chi connectivity index (χ0) is 14.5. The van der Waals surface area contributed by atoms with Gasteiger partial charge in [0.25, 0.3) is 0 Å². The zero-order valence-electron chi connectivity index (χ0n) is 12.5. The lowest BCUT2D eigenvalue weighted by Crippen LogP contribution is -2.41. The van der Waals surface area contributed by atoms with Crippen LogP contribution in [0.25, 0.3) is 0 Å². The fourth-order valence-corrected chi connectivity index (χ4v) is 2.33. The van der Waals surface area contributed by atoms with E-state index in [1.807, 2.05) is 11.8 Å². The molecule has 2 rings (SSSR count). The van der Waals surface area contributed by atoms with Crippen molar-refractivity contribution >= 4 is 17.8 Å². The minimum Gasteiger partial charge on any atom is -0.378 e. The van der Waals surface area contributed by atoms with Crippen LogP contribution >= 0.6 is 0 Å². The lowest BCUT2D eigenvalue weighted by atomic mass is 9.89. The molecule has 1 aromatic heterocycles. The first-order chi connectivity index (χ1) is 9.66. The van der Waals surface area contributed by atoms with Gasteiger partial charge in [0.2, 0.25) is 17.8 Å². The third kappa shape index (κ3) is 3.47. The van der Waals surface area contributed by atoms with E-state index in [2.05, 4.69) is 34.1 Å². The van der Waals surface area contributed by atoms with Crippen molar-refractivity contribution in [3.63, 3.8) is 0 Å². The minimum absolute atomic E-state index is 0.255. The van der Waals surface area contributed by atoms with Crippen LogP contribution in [0.5, 0.6) is 0 Å². The van der Waals surface area contributed by atoms with Crippen molar-refractivity contribution in [3.05, 3.63) is 0 Å². The van der Waals surface area contributed by atoms with Gasteiger partial charge in [-0.25, -0.2) is 0 Å². The van der Waals surface area contributed by atoms with Crippen LogP contribution in [0.1, 0.15) is 33.6 Å². The molecule has 1 aliphatic carbocycles. The van der Waals surface area contributed by atoms with E-state index < -0.39 is 0 Å². The van der Waals surface area contributed by atoms with E-state index in [0.717, 1.165) is 32.5 Å². The molecule has 0 aliphatic heterocycles. The number of ether oxygens (including phenoxy) is 1. The molecule has 0 radical (unpaired) electrons. The van der Waals surface area contributed by atoms with Crippen LogP contribution in [0.4, 0.5) is 17.8 Å². The summed E-state index contributed by atoms with van der Waals surface area (Å²) in [5, 5.41) is 3.30. The molecule has 1 aliphatic rings.